The summed E-state index contributed by atoms with van der Waals surface area (Å²) >= 11 is 0. The zero-order chi connectivity index (χ0) is 32.2. The molecule has 1 saturated heterocycles. The molecule has 2 aromatic heterocycles. The molecule has 2 fully saturated rings. The highest BCUT2D eigenvalue weighted by atomic mass is 16.7. The van der Waals surface area contributed by atoms with Crippen LogP contribution in [-0.2, 0) is 20.7 Å². The molecular formula is C33H35N7O6. The first kappa shape index (κ1) is 30.9. The number of carboxylic acids is 1. The highest BCUT2D eigenvalue weighted by Gasteiger charge is 2.52. The Labute approximate surface area is 265 Å². The molecule has 238 valence electrons. The molecule has 13 heteroatoms. The van der Waals surface area contributed by atoms with Gasteiger partial charge in [-0.15, -0.1) is 0 Å². The predicted molar refractivity (Wildman–Crippen MR) is 169 cm³/mol. The maximum absolute atomic E-state index is 13.3. The van der Waals surface area contributed by atoms with Crippen molar-refractivity contribution in [1.29, 1.82) is 0 Å². The Balaban J connectivity index is 1.25. The number of aromatic nitrogens is 4. The van der Waals surface area contributed by atoms with Crippen molar-refractivity contribution in [1.82, 2.24) is 29.7 Å². The van der Waals surface area contributed by atoms with Gasteiger partial charge in [-0.25, -0.2) is 24.5 Å². The molecule has 1 aliphatic carbocycles. The molecule has 4 unspecified atom stereocenters. The number of aromatic carboxylic acids is 1. The third-order valence-electron chi connectivity index (χ3n) is 8.35. The van der Waals surface area contributed by atoms with Crippen LogP contribution < -0.4 is 10.6 Å². The largest absolute Gasteiger partial charge is 0.478 e. The Hall–Kier alpha value is -5.14. The molecule has 46 heavy (non-hydrogen) atoms. The number of urea groups is 1. The van der Waals surface area contributed by atoms with E-state index in [2.05, 4.69) is 25.6 Å². The highest BCUT2D eigenvalue weighted by molar-refractivity contribution is 5.96. The van der Waals surface area contributed by atoms with Gasteiger partial charge in [0.1, 0.15) is 12.4 Å². The summed E-state index contributed by atoms with van der Waals surface area (Å²) in [6, 6.07) is 15.8. The van der Waals surface area contributed by atoms with Crippen molar-refractivity contribution in [2.24, 2.45) is 5.92 Å². The van der Waals surface area contributed by atoms with Crippen LogP contribution in [0.2, 0.25) is 0 Å². The Kier molecular flexibility index (Phi) is 9.04. The monoisotopic (exact) mass is 625 g/mol. The van der Waals surface area contributed by atoms with Crippen molar-refractivity contribution < 1.29 is 29.0 Å². The normalized spacial score (nSPS) is 22.2. The molecule has 2 aliphatic rings. The quantitative estimate of drug-likeness (QED) is 0.238. The summed E-state index contributed by atoms with van der Waals surface area (Å²) in [5, 5.41) is 15.0. The zero-order valence-electron chi connectivity index (χ0n) is 25.4. The van der Waals surface area contributed by atoms with E-state index in [1.807, 2.05) is 54.0 Å². The topological polar surface area (TPSA) is 161 Å². The van der Waals surface area contributed by atoms with Crippen LogP contribution in [-0.4, -0.2) is 86.1 Å². The number of amides is 3. The van der Waals surface area contributed by atoms with E-state index in [9.17, 15) is 19.5 Å². The van der Waals surface area contributed by atoms with Crippen molar-refractivity contribution >= 4 is 41.0 Å². The van der Waals surface area contributed by atoms with E-state index in [-0.39, 0.29) is 42.1 Å². The van der Waals surface area contributed by atoms with E-state index < -0.39 is 18.3 Å². The van der Waals surface area contributed by atoms with Gasteiger partial charge in [-0.2, -0.15) is 0 Å². The zero-order valence-corrected chi connectivity index (χ0v) is 25.4. The minimum absolute atomic E-state index is 0.0342. The highest BCUT2D eigenvalue weighted by Crippen LogP contribution is 2.45. The average molecular weight is 626 g/mol. The molecule has 3 amide bonds. The molecule has 0 spiro atoms. The Morgan fingerprint density at radius 1 is 1.04 bits per heavy atom. The molecule has 6 rings (SSSR count). The molecule has 3 N–H and O–H groups in total. The number of anilines is 1. The van der Waals surface area contributed by atoms with E-state index in [0.717, 1.165) is 5.56 Å². The Morgan fingerprint density at radius 2 is 1.80 bits per heavy atom. The molecule has 1 saturated carbocycles. The third-order valence-corrected chi connectivity index (χ3v) is 8.35. The van der Waals surface area contributed by atoms with Crippen molar-refractivity contribution in [3.63, 3.8) is 0 Å². The van der Waals surface area contributed by atoms with Crippen LogP contribution in [0.25, 0.3) is 17.2 Å². The molecule has 2 aromatic carbocycles. The summed E-state index contributed by atoms with van der Waals surface area (Å²) in [7, 11) is 1.72. The molecule has 4 aromatic rings. The lowest BCUT2D eigenvalue weighted by Gasteiger charge is -2.25. The van der Waals surface area contributed by atoms with Crippen LogP contribution >= 0.6 is 0 Å². The number of carbonyl (C=O) groups excluding carboxylic acids is 2. The molecular weight excluding hydrogens is 590 g/mol. The van der Waals surface area contributed by atoms with E-state index in [4.69, 9.17) is 9.47 Å². The van der Waals surface area contributed by atoms with E-state index in [0.29, 0.717) is 42.1 Å². The number of fused-ring (bicyclic) bond motifs is 2. The molecule has 1 aliphatic heterocycles. The lowest BCUT2D eigenvalue weighted by molar-refractivity contribution is -0.130. The second kappa shape index (κ2) is 13.5. The minimum Gasteiger partial charge on any atom is -0.478 e. The van der Waals surface area contributed by atoms with Crippen LogP contribution in [0.5, 0.6) is 0 Å². The first-order valence-corrected chi connectivity index (χ1v) is 15.1. The summed E-state index contributed by atoms with van der Waals surface area (Å²) in [4.78, 5) is 52.1. The lowest BCUT2D eigenvalue weighted by Crippen LogP contribution is -2.37. The second-order valence-electron chi connectivity index (χ2n) is 11.3. The standard InChI is InChI=1S/C33H35N7O6/c1-3-34-33(44)38-30-27-31(36-18-35-30)40(19-37-27)24-15-22(17-39(2)25(41)16-21-11-7-8-12-23(21)32(42)43)28-29(24)46-26(45-28)14-13-20-9-5-4-6-10-20/h4-14,18-19,22,24,26,28-29H,3,15-17H2,1-2H3,(H,42,43)(H2,34,35,36,38,44)/b14-13+/t22?,24?,26-,28?,29?/m0/s1. The predicted octanol–water partition coefficient (Wildman–Crippen LogP) is 3.75. The number of ether oxygens (including phenoxy) is 2. The van der Waals surface area contributed by atoms with Gasteiger partial charge in [-0.05, 0) is 36.6 Å². The smallest absolute Gasteiger partial charge is 0.335 e. The molecule has 5 atom stereocenters. The summed E-state index contributed by atoms with van der Waals surface area (Å²) in [5.41, 5.74) is 2.56. The molecule has 0 radical (unpaired) electrons. The second-order valence-corrected chi connectivity index (χ2v) is 11.3. The number of hydrogen-bond donors (Lipinski definition) is 3. The number of nitrogens with one attached hydrogen (secondary N) is 2. The number of imidazole rings is 1. The van der Waals surface area contributed by atoms with Crippen LogP contribution in [0.4, 0.5) is 10.6 Å². The van der Waals surface area contributed by atoms with Crippen molar-refractivity contribution in [2.75, 3.05) is 25.5 Å². The summed E-state index contributed by atoms with van der Waals surface area (Å²) in [6.07, 6.45) is 6.11. The third kappa shape index (κ3) is 6.46. The number of benzene rings is 2. The molecule has 3 heterocycles. The first-order valence-electron chi connectivity index (χ1n) is 15.1. The SMILES string of the molecule is CCNC(=O)Nc1ncnc2c1ncn2C1CC(CN(C)C(=O)Cc2ccccc2C(=O)O)C2O[C@H](/C=C/c3ccccc3)OC21. The number of carboxylic acid groups (broad SMARTS) is 1. The van der Waals surface area contributed by atoms with Gasteiger partial charge in [-0.3, -0.25) is 10.1 Å². The fourth-order valence-corrected chi connectivity index (χ4v) is 6.19. The van der Waals surface area contributed by atoms with Gasteiger partial charge in [0, 0.05) is 26.1 Å². The van der Waals surface area contributed by atoms with Crippen LogP contribution in [0.15, 0.2) is 73.3 Å². The maximum Gasteiger partial charge on any atom is 0.335 e. The Morgan fingerprint density at radius 3 is 2.59 bits per heavy atom. The van der Waals surface area contributed by atoms with E-state index in [1.165, 1.54) is 12.4 Å². The van der Waals surface area contributed by atoms with Crippen LogP contribution in [0, 0.1) is 5.92 Å². The van der Waals surface area contributed by atoms with Crippen molar-refractivity contribution in [2.45, 2.75) is 44.3 Å². The summed E-state index contributed by atoms with van der Waals surface area (Å²) in [5.74, 6) is -1.09. The van der Waals surface area contributed by atoms with Gasteiger partial charge in [0.15, 0.2) is 23.3 Å². The van der Waals surface area contributed by atoms with Gasteiger partial charge in [-0.1, -0.05) is 54.6 Å². The maximum atomic E-state index is 13.3. The van der Waals surface area contributed by atoms with E-state index in [1.54, 1.807) is 36.5 Å². The fraction of sp³-hybridized carbons (Fsp3) is 0.333. The van der Waals surface area contributed by atoms with Gasteiger partial charge in [0.2, 0.25) is 5.91 Å². The van der Waals surface area contributed by atoms with E-state index >= 15 is 0 Å². The van der Waals surface area contributed by atoms with Crippen molar-refractivity contribution in [3.8, 4) is 0 Å². The number of nitrogens with zero attached hydrogens (tertiary/aromatic N) is 5. The number of rotatable bonds is 10. The number of hydrogen-bond acceptors (Lipinski definition) is 8. The summed E-state index contributed by atoms with van der Waals surface area (Å²) < 4.78 is 14.9. The number of likely N-dealkylation sites (N-methyl/N-ethyl adjacent to an activating group) is 1. The number of carbonyl (C=O) groups is 3. The Bertz CT molecular complexity index is 1760. The lowest BCUT2D eigenvalue weighted by atomic mass is 10.0. The molecule has 13 nitrogen and oxygen atoms in total. The summed E-state index contributed by atoms with van der Waals surface area (Å²) in [6.45, 7) is 2.65. The first-order chi connectivity index (χ1) is 22.3. The fourth-order valence-electron chi connectivity index (χ4n) is 6.19. The minimum atomic E-state index is -1.07. The molecule has 0 bridgehead atoms. The van der Waals surface area contributed by atoms with Gasteiger partial charge in [0.25, 0.3) is 0 Å². The van der Waals surface area contributed by atoms with Gasteiger partial charge in [0.05, 0.1) is 30.5 Å². The average Bonchev–Trinajstić information content (AvgIpc) is 3.76. The van der Waals surface area contributed by atoms with Gasteiger partial charge >= 0.3 is 12.0 Å². The van der Waals surface area contributed by atoms with Crippen LogP contribution in [0.1, 0.15) is 40.9 Å². The van der Waals surface area contributed by atoms with Gasteiger partial charge < -0.3 is 29.4 Å². The van der Waals surface area contributed by atoms with Crippen molar-refractivity contribution in [3.05, 3.63) is 90.0 Å². The van der Waals surface area contributed by atoms with Crippen LogP contribution in [0.3, 0.4) is 0 Å².